The van der Waals surface area contributed by atoms with Gasteiger partial charge in [0.05, 0.1) is 5.02 Å². The fourth-order valence-electron chi connectivity index (χ4n) is 1.65. The first-order chi connectivity index (χ1) is 8.16. The van der Waals surface area contributed by atoms with Crippen LogP contribution in [0.1, 0.15) is 16.0 Å². The average molecular weight is 422 g/mol. The number of alkyl halides is 1. The number of benzene rings is 2. The first-order valence-corrected chi connectivity index (χ1v) is 7.67. The first kappa shape index (κ1) is 13.4. The lowest BCUT2D eigenvalue weighted by Crippen LogP contribution is -1.95. The Morgan fingerprint density at radius 1 is 1.12 bits per heavy atom. The van der Waals surface area contributed by atoms with Crippen LogP contribution in [0.4, 0.5) is 0 Å². The lowest BCUT2D eigenvalue weighted by molar-refractivity contribution is 0.948. The van der Waals surface area contributed by atoms with E-state index < -0.39 is 0 Å². The molecule has 0 bridgehead atoms. The molecule has 0 aliphatic heterocycles. The quantitative estimate of drug-likeness (QED) is 0.446. The molecular weight excluding hydrogens is 410 g/mol. The maximum Gasteiger partial charge on any atom is 0.0542 e. The van der Waals surface area contributed by atoms with E-state index in [4.69, 9.17) is 11.6 Å². The summed E-state index contributed by atoms with van der Waals surface area (Å²) >= 11 is 12.1. The van der Waals surface area contributed by atoms with Crippen LogP contribution < -0.4 is 0 Å². The molecule has 1 unspecified atom stereocenters. The monoisotopic (exact) mass is 420 g/mol. The van der Waals surface area contributed by atoms with E-state index in [9.17, 15) is 0 Å². The topological polar surface area (TPSA) is 0 Å². The minimum atomic E-state index is 0.305. The fourth-order valence-corrected chi connectivity index (χ4v) is 2.83. The van der Waals surface area contributed by atoms with Gasteiger partial charge in [-0.3, -0.25) is 0 Å². The van der Waals surface area contributed by atoms with E-state index in [2.05, 4.69) is 74.9 Å². The Kier molecular flexibility index (Phi) is 4.88. The molecule has 0 aromatic heterocycles. The number of halogens is 3. The average Bonchev–Trinajstić information content (AvgIpc) is 2.34. The van der Waals surface area contributed by atoms with E-state index in [1.165, 1.54) is 11.1 Å². The van der Waals surface area contributed by atoms with Crippen LogP contribution >= 0.6 is 50.1 Å². The SMILES string of the molecule is Clc1cc(C(Br)Cc2ccccc2)ccc1I. The summed E-state index contributed by atoms with van der Waals surface area (Å²) in [7, 11) is 0. The van der Waals surface area contributed by atoms with Gasteiger partial charge in [0.15, 0.2) is 0 Å². The van der Waals surface area contributed by atoms with Crippen LogP contribution in [-0.2, 0) is 6.42 Å². The van der Waals surface area contributed by atoms with Crippen molar-refractivity contribution in [3.05, 3.63) is 68.3 Å². The van der Waals surface area contributed by atoms with Crippen molar-refractivity contribution in [2.75, 3.05) is 0 Å². The highest BCUT2D eigenvalue weighted by Crippen LogP contribution is 2.30. The third kappa shape index (κ3) is 3.70. The Morgan fingerprint density at radius 3 is 2.47 bits per heavy atom. The van der Waals surface area contributed by atoms with Crippen LogP contribution in [-0.4, -0.2) is 0 Å². The van der Waals surface area contributed by atoms with Crippen molar-refractivity contribution in [2.24, 2.45) is 0 Å². The molecule has 0 spiro atoms. The molecule has 1 atom stereocenters. The molecule has 0 fully saturated rings. The number of rotatable bonds is 3. The van der Waals surface area contributed by atoms with Crippen LogP contribution in [0.5, 0.6) is 0 Å². The predicted octanol–water partition coefficient (Wildman–Crippen LogP) is 5.62. The van der Waals surface area contributed by atoms with Gasteiger partial charge in [-0.2, -0.15) is 0 Å². The third-order valence-electron chi connectivity index (χ3n) is 2.56. The van der Waals surface area contributed by atoms with Crippen molar-refractivity contribution < 1.29 is 0 Å². The maximum absolute atomic E-state index is 6.13. The van der Waals surface area contributed by atoms with Gasteiger partial charge in [-0.25, -0.2) is 0 Å². The van der Waals surface area contributed by atoms with Gasteiger partial charge in [0.25, 0.3) is 0 Å². The highest BCUT2D eigenvalue weighted by molar-refractivity contribution is 14.1. The van der Waals surface area contributed by atoms with Crippen LogP contribution in [0.3, 0.4) is 0 Å². The third-order valence-corrected chi connectivity index (χ3v) is 4.99. The van der Waals surface area contributed by atoms with Crippen LogP contribution in [0.25, 0.3) is 0 Å². The van der Waals surface area contributed by atoms with E-state index in [1.807, 2.05) is 12.1 Å². The van der Waals surface area contributed by atoms with Crippen molar-refractivity contribution in [1.29, 1.82) is 0 Å². The molecule has 2 aromatic rings. The molecule has 0 nitrogen and oxygen atoms in total. The lowest BCUT2D eigenvalue weighted by atomic mass is 10.0. The Morgan fingerprint density at radius 2 is 1.82 bits per heavy atom. The predicted molar refractivity (Wildman–Crippen MR) is 86.0 cm³/mol. The second-order valence-electron chi connectivity index (χ2n) is 3.83. The molecule has 2 aromatic carbocycles. The molecule has 0 saturated carbocycles. The lowest BCUT2D eigenvalue weighted by Gasteiger charge is -2.11. The molecule has 0 heterocycles. The summed E-state index contributed by atoms with van der Waals surface area (Å²) < 4.78 is 1.09. The highest BCUT2D eigenvalue weighted by atomic mass is 127. The largest absolute Gasteiger partial charge is 0.0835 e. The molecule has 3 heteroatoms. The first-order valence-electron chi connectivity index (χ1n) is 5.30. The zero-order valence-electron chi connectivity index (χ0n) is 9.04. The van der Waals surface area contributed by atoms with Crippen LogP contribution in [0.2, 0.25) is 5.02 Å². The summed E-state index contributed by atoms with van der Waals surface area (Å²) in [6.07, 6.45) is 0.970. The van der Waals surface area contributed by atoms with Crippen molar-refractivity contribution in [1.82, 2.24) is 0 Å². The summed E-state index contributed by atoms with van der Waals surface area (Å²) in [5.74, 6) is 0. The van der Waals surface area contributed by atoms with E-state index in [0.29, 0.717) is 4.83 Å². The fraction of sp³-hybridized carbons (Fsp3) is 0.143. The van der Waals surface area contributed by atoms with Crippen LogP contribution in [0.15, 0.2) is 48.5 Å². The standard InChI is InChI=1S/C14H11BrClI/c15-12(8-10-4-2-1-3-5-10)11-6-7-14(17)13(16)9-11/h1-7,9,12H,8H2. The van der Waals surface area contributed by atoms with Gasteiger partial charge >= 0.3 is 0 Å². The van der Waals surface area contributed by atoms with Crippen molar-refractivity contribution in [3.63, 3.8) is 0 Å². The Balaban J connectivity index is 2.14. The molecule has 17 heavy (non-hydrogen) atoms. The molecule has 88 valence electrons. The van der Waals surface area contributed by atoms with E-state index in [1.54, 1.807) is 0 Å². The molecular formula is C14H11BrClI. The Hall–Kier alpha value is -0.0600. The molecule has 0 N–H and O–H groups in total. The van der Waals surface area contributed by atoms with Gasteiger partial charge in [-0.15, -0.1) is 0 Å². The number of hydrogen-bond donors (Lipinski definition) is 0. The van der Waals surface area contributed by atoms with Gasteiger partial charge in [-0.1, -0.05) is 63.9 Å². The van der Waals surface area contributed by atoms with Gasteiger partial charge in [0.1, 0.15) is 0 Å². The summed E-state index contributed by atoms with van der Waals surface area (Å²) in [6.45, 7) is 0. The molecule has 0 amide bonds. The molecule has 0 aliphatic carbocycles. The van der Waals surface area contributed by atoms with Crippen molar-refractivity contribution in [3.8, 4) is 0 Å². The van der Waals surface area contributed by atoms with Gasteiger partial charge in [0, 0.05) is 8.40 Å². The minimum Gasteiger partial charge on any atom is -0.0835 e. The molecule has 2 rings (SSSR count). The summed E-state index contributed by atoms with van der Waals surface area (Å²) in [6, 6.07) is 16.7. The van der Waals surface area contributed by atoms with Crippen LogP contribution in [0, 0.1) is 3.57 Å². The summed E-state index contributed by atoms with van der Waals surface area (Å²) in [4.78, 5) is 0.305. The second-order valence-corrected chi connectivity index (χ2v) is 6.51. The van der Waals surface area contributed by atoms with E-state index in [-0.39, 0.29) is 0 Å². The Labute approximate surface area is 129 Å². The number of hydrogen-bond acceptors (Lipinski definition) is 0. The van der Waals surface area contributed by atoms with Crippen molar-refractivity contribution >= 4 is 50.1 Å². The minimum absolute atomic E-state index is 0.305. The van der Waals surface area contributed by atoms with Crippen molar-refractivity contribution in [2.45, 2.75) is 11.2 Å². The smallest absolute Gasteiger partial charge is 0.0542 e. The van der Waals surface area contributed by atoms with Gasteiger partial charge in [0.2, 0.25) is 0 Å². The normalized spacial score (nSPS) is 12.4. The highest BCUT2D eigenvalue weighted by Gasteiger charge is 2.09. The molecule has 0 saturated heterocycles. The summed E-state index contributed by atoms with van der Waals surface area (Å²) in [5, 5.41) is 0.820. The zero-order valence-corrected chi connectivity index (χ0v) is 13.5. The Bertz CT molecular complexity index is 499. The summed E-state index contributed by atoms with van der Waals surface area (Å²) in [5.41, 5.74) is 2.54. The second kappa shape index (κ2) is 6.21. The van der Waals surface area contributed by atoms with Gasteiger partial charge in [-0.05, 0) is 52.3 Å². The van der Waals surface area contributed by atoms with Gasteiger partial charge < -0.3 is 0 Å². The molecule has 0 aliphatic rings. The van der Waals surface area contributed by atoms with E-state index >= 15 is 0 Å². The molecule has 0 radical (unpaired) electrons. The maximum atomic E-state index is 6.13. The van der Waals surface area contributed by atoms with E-state index in [0.717, 1.165) is 15.0 Å². The zero-order chi connectivity index (χ0) is 12.3.